The van der Waals surface area contributed by atoms with E-state index in [2.05, 4.69) is 37.9 Å². The number of rotatable bonds is 6. The number of oxazole rings is 1. The number of aryl methyl sites for hydroxylation is 1. The van der Waals surface area contributed by atoms with Gasteiger partial charge < -0.3 is 19.0 Å². The first-order chi connectivity index (χ1) is 14.8. The quantitative estimate of drug-likeness (QED) is 0.588. The molecule has 0 saturated heterocycles. The summed E-state index contributed by atoms with van der Waals surface area (Å²) in [5.41, 5.74) is 5.83. The van der Waals surface area contributed by atoms with Crippen LogP contribution in [0.3, 0.4) is 0 Å². The molecule has 0 radical (unpaired) electrons. The number of benzene rings is 2. The summed E-state index contributed by atoms with van der Waals surface area (Å²) in [6.45, 7) is 10.8. The number of fused-ring (bicyclic) bond motifs is 1. The Balaban J connectivity index is 1.65. The second kappa shape index (κ2) is 8.39. The van der Waals surface area contributed by atoms with Gasteiger partial charge in [0.2, 0.25) is 5.89 Å². The van der Waals surface area contributed by atoms with Gasteiger partial charge in [0.25, 0.3) is 0 Å². The predicted molar refractivity (Wildman–Crippen MR) is 120 cm³/mol. The Bertz CT molecular complexity index is 1090. The molecule has 1 atom stereocenters. The second-order valence-corrected chi connectivity index (χ2v) is 8.61. The van der Waals surface area contributed by atoms with Crippen molar-refractivity contribution < 1.29 is 19.0 Å². The average Bonchev–Trinajstić information content (AvgIpc) is 3.14. The molecule has 0 fully saturated rings. The van der Waals surface area contributed by atoms with E-state index in [9.17, 15) is 5.11 Å². The molecule has 0 saturated carbocycles. The third kappa shape index (κ3) is 3.94. The smallest absolute Gasteiger partial charge is 0.238 e. The monoisotopic (exact) mass is 421 g/mol. The van der Waals surface area contributed by atoms with Gasteiger partial charge in [-0.3, -0.25) is 0 Å². The van der Waals surface area contributed by atoms with Crippen molar-refractivity contribution in [2.75, 3.05) is 6.61 Å². The minimum atomic E-state index is -0.637. The largest absolute Gasteiger partial charge is 0.488 e. The van der Waals surface area contributed by atoms with E-state index in [1.54, 1.807) is 0 Å². The van der Waals surface area contributed by atoms with Crippen LogP contribution < -0.4 is 9.47 Å². The Labute approximate surface area is 184 Å². The standard InChI is InChI=1S/C26H31NO4/c1-16-17(2)24-21(18(3)23(16)29-15-20-9-7-6-8-10-20)11-13-26(5,31-24)25-27-22(12-14-28)19(4)30-25/h6-10,28H,11-15H2,1-5H3. The van der Waals surface area contributed by atoms with Crippen molar-refractivity contribution in [3.8, 4) is 11.5 Å². The van der Waals surface area contributed by atoms with Gasteiger partial charge in [0.1, 0.15) is 23.9 Å². The number of hydrogen-bond acceptors (Lipinski definition) is 5. The van der Waals surface area contributed by atoms with E-state index in [1.165, 1.54) is 5.56 Å². The van der Waals surface area contributed by atoms with Gasteiger partial charge >= 0.3 is 0 Å². The molecule has 0 bridgehead atoms. The molecule has 31 heavy (non-hydrogen) atoms. The van der Waals surface area contributed by atoms with Crippen molar-refractivity contribution in [2.24, 2.45) is 0 Å². The third-order valence-corrected chi connectivity index (χ3v) is 6.41. The lowest BCUT2D eigenvalue weighted by Crippen LogP contribution is -2.35. The molecule has 1 aromatic heterocycles. The normalized spacial score (nSPS) is 17.9. The van der Waals surface area contributed by atoms with E-state index in [-0.39, 0.29) is 6.61 Å². The van der Waals surface area contributed by atoms with Gasteiger partial charge in [0, 0.05) is 25.0 Å². The maximum atomic E-state index is 9.27. The number of ether oxygens (including phenoxy) is 2. The topological polar surface area (TPSA) is 64.7 Å². The third-order valence-electron chi connectivity index (χ3n) is 6.41. The van der Waals surface area contributed by atoms with Crippen molar-refractivity contribution in [1.82, 2.24) is 4.98 Å². The fourth-order valence-corrected chi connectivity index (χ4v) is 4.32. The summed E-state index contributed by atoms with van der Waals surface area (Å²) < 4.78 is 18.8. The highest BCUT2D eigenvalue weighted by atomic mass is 16.5. The van der Waals surface area contributed by atoms with Crippen LogP contribution >= 0.6 is 0 Å². The van der Waals surface area contributed by atoms with Crippen LogP contribution in [0.25, 0.3) is 0 Å². The Morgan fingerprint density at radius 2 is 1.81 bits per heavy atom. The molecule has 4 rings (SSSR count). The molecule has 5 nitrogen and oxygen atoms in total. The van der Waals surface area contributed by atoms with Crippen molar-refractivity contribution >= 4 is 0 Å². The van der Waals surface area contributed by atoms with Crippen LogP contribution in [0.15, 0.2) is 34.7 Å². The number of hydrogen-bond donors (Lipinski definition) is 1. The summed E-state index contributed by atoms with van der Waals surface area (Å²) in [4.78, 5) is 4.65. The van der Waals surface area contributed by atoms with Crippen molar-refractivity contribution in [3.05, 3.63) is 75.5 Å². The Hall–Kier alpha value is -2.79. The lowest BCUT2D eigenvalue weighted by Gasteiger charge is -2.36. The fraction of sp³-hybridized carbons (Fsp3) is 0.423. The molecule has 5 heteroatoms. The van der Waals surface area contributed by atoms with Gasteiger partial charge in [-0.2, -0.15) is 0 Å². The van der Waals surface area contributed by atoms with Crippen LogP contribution in [-0.4, -0.2) is 16.7 Å². The van der Waals surface area contributed by atoms with E-state index < -0.39 is 5.60 Å². The summed E-state index contributed by atoms with van der Waals surface area (Å²) in [7, 11) is 0. The van der Waals surface area contributed by atoms with Crippen molar-refractivity contribution in [2.45, 2.75) is 66.1 Å². The lowest BCUT2D eigenvalue weighted by atomic mass is 9.87. The SMILES string of the molecule is Cc1oc(C2(C)CCc3c(C)c(OCc4ccccc4)c(C)c(C)c3O2)nc1CCO. The van der Waals surface area contributed by atoms with Crippen LogP contribution in [-0.2, 0) is 25.0 Å². The number of aromatic nitrogens is 1. The van der Waals surface area contributed by atoms with Gasteiger partial charge in [-0.25, -0.2) is 4.98 Å². The molecular formula is C26H31NO4. The first-order valence-corrected chi connectivity index (χ1v) is 10.9. The van der Waals surface area contributed by atoms with Gasteiger partial charge in [-0.05, 0) is 63.3 Å². The van der Waals surface area contributed by atoms with E-state index in [0.29, 0.717) is 18.9 Å². The van der Waals surface area contributed by atoms with Crippen LogP contribution in [0.1, 0.15) is 58.5 Å². The van der Waals surface area contributed by atoms with Crippen LogP contribution in [0.5, 0.6) is 11.5 Å². The molecule has 0 spiro atoms. The summed E-state index contributed by atoms with van der Waals surface area (Å²) in [5, 5.41) is 9.27. The highest BCUT2D eigenvalue weighted by Crippen LogP contribution is 2.46. The lowest BCUT2D eigenvalue weighted by molar-refractivity contribution is 0.0327. The molecule has 1 aliphatic heterocycles. The van der Waals surface area contributed by atoms with Crippen LogP contribution in [0.2, 0.25) is 0 Å². The molecule has 164 valence electrons. The molecule has 2 aromatic carbocycles. The highest BCUT2D eigenvalue weighted by Gasteiger charge is 2.40. The molecule has 1 unspecified atom stereocenters. The van der Waals surface area contributed by atoms with E-state index >= 15 is 0 Å². The zero-order valence-corrected chi connectivity index (χ0v) is 19.0. The Morgan fingerprint density at radius 3 is 2.52 bits per heavy atom. The zero-order valence-electron chi connectivity index (χ0n) is 19.0. The number of nitrogens with zero attached hydrogens (tertiary/aromatic N) is 1. The summed E-state index contributed by atoms with van der Waals surface area (Å²) in [5.74, 6) is 3.19. The molecule has 3 aromatic rings. The second-order valence-electron chi connectivity index (χ2n) is 8.61. The molecule has 0 amide bonds. The van der Waals surface area contributed by atoms with Gasteiger partial charge in [0.05, 0.1) is 5.69 Å². The van der Waals surface area contributed by atoms with Crippen LogP contribution in [0, 0.1) is 27.7 Å². The Morgan fingerprint density at radius 1 is 1.06 bits per heavy atom. The molecule has 0 aliphatic carbocycles. The summed E-state index contributed by atoms with van der Waals surface area (Å²) >= 11 is 0. The van der Waals surface area contributed by atoms with Gasteiger partial charge in [0.15, 0.2) is 5.60 Å². The maximum absolute atomic E-state index is 9.27. The van der Waals surface area contributed by atoms with Gasteiger partial charge in [-0.15, -0.1) is 0 Å². The van der Waals surface area contributed by atoms with Crippen LogP contribution in [0.4, 0.5) is 0 Å². The van der Waals surface area contributed by atoms with Crippen molar-refractivity contribution in [3.63, 3.8) is 0 Å². The predicted octanol–water partition coefficient (Wildman–Crippen LogP) is 5.26. The number of aliphatic hydroxyl groups excluding tert-OH is 1. The minimum Gasteiger partial charge on any atom is -0.488 e. The first-order valence-electron chi connectivity index (χ1n) is 10.9. The maximum Gasteiger partial charge on any atom is 0.238 e. The van der Waals surface area contributed by atoms with E-state index in [4.69, 9.17) is 13.9 Å². The molecular weight excluding hydrogens is 390 g/mol. The van der Waals surface area contributed by atoms with Gasteiger partial charge in [-0.1, -0.05) is 30.3 Å². The number of aliphatic hydroxyl groups is 1. The van der Waals surface area contributed by atoms with E-state index in [0.717, 1.165) is 58.0 Å². The fourth-order valence-electron chi connectivity index (χ4n) is 4.32. The first kappa shape index (κ1) is 21.4. The molecule has 1 aliphatic rings. The zero-order chi connectivity index (χ0) is 22.2. The minimum absolute atomic E-state index is 0.0521. The highest BCUT2D eigenvalue weighted by molar-refractivity contribution is 5.59. The summed E-state index contributed by atoms with van der Waals surface area (Å²) in [6.07, 6.45) is 2.11. The Kier molecular flexibility index (Phi) is 5.80. The van der Waals surface area contributed by atoms with E-state index in [1.807, 2.05) is 32.0 Å². The average molecular weight is 422 g/mol. The summed E-state index contributed by atoms with van der Waals surface area (Å²) in [6, 6.07) is 10.2. The van der Waals surface area contributed by atoms with Crippen molar-refractivity contribution in [1.29, 1.82) is 0 Å². The molecule has 1 N–H and O–H groups in total. The molecule has 2 heterocycles.